The van der Waals surface area contributed by atoms with Gasteiger partial charge < -0.3 is 20.2 Å². The van der Waals surface area contributed by atoms with Crippen molar-refractivity contribution in [1.82, 2.24) is 9.97 Å². The number of benzene rings is 1. The molecular weight excluding hydrogens is 322 g/mol. The molecule has 23 heavy (non-hydrogen) atoms. The first-order chi connectivity index (χ1) is 10.9. The number of carbonyl (C=O) groups is 2. The number of nitrogens with one attached hydrogen (secondary N) is 1. The fourth-order valence-corrected chi connectivity index (χ4v) is 2.21. The Morgan fingerprint density at radius 1 is 1.22 bits per heavy atom. The summed E-state index contributed by atoms with van der Waals surface area (Å²) in [6, 6.07) is 7.16. The van der Waals surface area contributed by atoms with E-state index in [0.29, 0.717) is 11.5 Å². The van der Waals surface area contributed by atoms with Crippen LogP contribution in [-0.2, 0) is 9.59 Å². The Morgan fingerprint density at radius 3 is 2.39 bits per heavy atom. The average Bonchev–Trinajstić information content (AvgIpc) is 2.46. The Kier molecular flexibility index (Phi) is 5.36. The maximum atomic E-state index is 11.7. The topological polar surface area (TPSA) is 124 Å². The van der Waals surface area contributed by atoms with Crippen LogP contribution in [0.3, 0.4) is 0 Å². The Labute approximate surface area is 135 Å². The SMILES string of the molecule is CC(=O)Oc1ccc(OC(=O)CSc2nc(N)cc(=O)[nH]2)cc1. The minimum atomic E-state index is -0.527. The Bertz CT molecular complexity index is 773. The smallest absolute Gasteiger partial charge is 0.321 e. The van der Waals surface area contributed by atoms with Crippen molar-refractivity contribution >= 4 is 29.5 Å². The van der Waals surface area contributed by atoms with E-state index in [9.17, 15) is 14.4 Å². The van der Waals surface area contributed by atoms with E-state index in [0.717, 1.165) is 17.8 Å². The number of hydrogen-bond acceptors (Lipinski definition) is 8. The molecule has 0 aliphatic rings. The molecule has 2 aromatic rings. The number of nitrogens with two attached hydrogens (primary N) is 1. The summed E-state index contributed by atoms with van der Waals surface area (Å²) >= 11 is 0.997. The second-order valence-electron chi connectivity index (χ2n) is 4.30. The van der Waals surface area contributed by atoms with Crippen LogP contribution in [0.2, 0.25) is 0 Å². The number of hydrogen-bond donors (Lipinski definition) is 2. The molecule has 0 saturated heterocycles. The number of aromatic amines is 1. The molecule has 0 aliphatic heterocycles. The molecule has 0 unspecified atom stereocenters. The summed E-state index contributed by atoms with van der Waals surface area (Å²) in [5.74, 6) is -0.285. The van der Waals surface area contributed by atoms with Crippen LogP contribution >= 0.6 is 11.8 Å². The summed E-state index contributed by atoms with van der Waals surface area (Å²) in [6.45, 7) is 1.29. The van der Waals surface area contributed by atoms with Gasteiger partial charge in [0.1, 0.15) is 17.3 Å². The van der Waals surface area contributed by atoms with E-state index in [-0.39, 0.29) is 16.7 Å². The Morgan fingerprint density at radius 2 is 1.83 bits per heavy atom. The minimum Gasteiger partial charge on any atom is -0.427 e. The van der Waals surface area contributed by atoms with Gasteiger partial charge in [0.15, 0.2) is 5.16 Å². The van der Waals surface area contributed by atoms with Gasteiger partial charge in [-0.3, -0.25) is 14.4 Å². The van der Waals surface area contributed by atoms with Crippen LogP contribution in [0.4, 0.5) is 5.82 Å². The first kappa shape index (κ1) is 16.6. The largest absolute Gasteiger partial charge is 0.427 e. The summed E-state index contributed by atoms with van der Waals surface area (Å²) in [5.41, 5.74) is 5.05. The van der Waals surface area contributed by atoms with E-state index in [4.69, 9.17) is 15.2 Å². The summed E-state index contributed by atoms with van der Waals surface area (Å²) in [6.07, 6.45) is 0. The van der Waals surface area contributed by atoms with Crippen molar-refractivity contribution in [3.8, 4) is 11.5 Å². The lowest BCUT2D eigenvalue weighted by molar-refractivity contribution is -0.132. The van der Waals surface area contributed by atoms with Gasteiger partial charge in [-0.2, -0.15) is 0 Å². The monoisotopic (exact) mass is 335 g/mol. The number of thioether (sulfide) groups is 1. The maximum absolute atomic E-state index is 11.7. The summed E-state index contributed by atoms with van der Waals surface area (Å²) < 4.78 is 9.97. The molecule has 8 nitrogen and oxygen atoms in total. The third-order valence-electron chi connectivity index (χ3n) is 2.38. The summed E-state index contributed by atoms with van der Waals surface area (Å²) in [4.78, 5) is 40.1. The number of H-pyrrole nitrogens is 1. The van der Waals surface area contributed by atoms with Crippen LogP contribution in [0.15, 0.2) is 40.3 Å². The van der Waals surface area contributed by atoms with Gasteiger partial charge in [0.05, 0.1) is 5.75 Å². The molecule has 0 radical (unpaired) electrons. The zero-order valence-electron chi connectivity index (χ0n) is 12.1. The van der Waals surface area contributed by atoms with Gasteiger partial charge in [0.2, 0.25) is 0 Å². The van der Waals surface area contributed by atoms with E-state index < -0.39 is 17.5 Å². The van der Waals surface area contributed by atoms with Gasteiger partial charge in [-0.25, -0.2) is 4.98 Å². The van der Waals surface area contributed by atoms with Crippen LogP contribution in [0.5, 0.6) is 11.5 Å². The number of aromatic nitrogens is 2. The quantitative estimate of drug-likeness (QED) is 0.358. The predicted molar refractivity (Wildman–Crippen MR) is 83.4 cm³/mol. The highest BCUT2D eigenvalue weighted by atomic mass is 32.2. The average molecular weight is 335 g/mol. The second-order valence-corrected chi connectivity index (χ2v) is 5.27. The maximum Gasteiger partial charge on any atom is 0.321 e. The molecule has 0 saturated carbocycles. The van der Waals surface area contributed by atoms with E-state index in [1.165, 1.54) is 31.2 Å². The minimum absolute atomic E-state index is 0.0574. The molecule has 1 aromatic carbocycles. The van der Waals surface area contributed by atoms with Gasteiger partial charge in [0.25, 0.3) is 5.56 Å². The van der Waals surface area contributed by atoms with Crippen molar-refractivity contribution < 1.29 is 19.1 Å². The Hall–Kier alpha value is -2.81. The number of carbonyl (C=O) groups excluding carboxylic acids is 2. The molecule has 0 amide bonds. The zero-order valence-corrected chi connectivity index (χ0v) is 12.9. The third kappa shape index (κ3) is 5.47. The first-order valence-corrected chi connectivity index (χ1v) is 7.40. The van der Waals surface area contributed by atoms with Crippen molar-refractivity contribution in [1.29, 1.82) is 0 Å². The van der Waals surface area contributed by atoms with E-state index in [1.807, 2.05) is 0 Å². The lowest BCUT2D eigenvalue weighted by Gasteiger charge is -2.05. The van der Waals surface area contributed by atoms with E-state index in [1.54, 1.807) is 0 Å². The fraction of sp³-hybridized carbons (Fsp3) is 0.143. The molecular formula is C14H13N3O5S. The number of rotatable bonds is 5. The summed E-state index contributed by atoms with van der Waals surface area (Å²) in [5, 5.41) is 0.233. The van der Waals surface area contributed by atoms with E-state index >= 15 is 0 Å². The molecule has 0 aliphatic carbocycles. The molecule has 0 spiro atoms. The molecule has 0 bridgehead atoms. The van der Waals surface area contributed by atoms with Crippen LogP contribution in [0, 0.1) is 0 Å². The number of esters is 2. The van der Waals surface area contributed by atoms with Crippen LogP contribution < -0.4 is 20.8 Å². The van der Waals surface area contributed by atoms with Crippen molar-refractivity contribution in [3.63, 3.8) is 0 Å². The highest BCUT2D eigenvalue weighted by Gasteiger charge is 2.08. The second kappa shape index (κ2) is 7.45. The normalized spacial score (nSPS) is 10.1. The molecule has 1 heterocycles. The highest BCUT2D eigenvalue weighted by Crippen LogP contribution is 2.19. The molecule has 1 aromatic heterocycles. The van der Waals surface area contributed by atoms with Gasteiger partial charge in [-0.05, 0) is 24.3 Å². The molecule has 0 fully saturated rings. The zero-order chi connectivity index (χ0) is 16.8. The third-order valence-corrected chi connectivity index (χ3v) is 3.23. The lowest BCUT2D eigenvalue weighted by atomic mass is 10.3. The molecule has 120 valence electrons. The molecule has 0 atom stereocenters. The summed E-state index contributed by atoms with van der Waals surface area (Å²) in [7, 11) is 0. The van der Waals surface area contributed by atoms with Crippen LogP contribution in [0.1, 0.15) is 6.92 Å². The van der Waals surface area contributed by atoms with Gasteiger partial charge in [0, 0.05) is 13.0 Å². The van der Waals surface area contributed by atoms with Crippen molar-refractivity contribution in [2.45, 2.75) is 12.1 Å². The lowest BCUT2D eigenvalue weighted by Crippen LogP contribution is -2.13. The van der Waals surface area contributed by atoms with E-state index in [2.05, 4.69) is 9.97 Å². The van der Waals surface area contributed by atoms with Gasteiger partial charge >= 0.3 is 11.9 Å². The Balaban J connectivity index is 1.89. The van der Waals surface area contributed by atoms with Crippen molar-refractivity contribution in [3.05, 3.63) is 40.7 Å². The number of nitrogens with zero attached hydrogens (tertiary/aromatic N) is 1. The molecule has 2 rings (SSSR count). The number of ether oxygens (including phenoxy) is 2. The van der Waals surface area contributed by atoms with Gasteiger partial charge in [-0.15, -0.1) is 0 Å². The molecule has 3 N–H and O–H groups in total. The first-order valence-electron chi connectivity index (χ1n) is 6.41. The van der Waals surface area contributed by atoms with Crippen molar-refractivity contribution in [2.24, 2.45) is 0 Å². The van der Waals surface area contributed by atoms with Crippen LogP contribution in [0.25, 0.3) is 0 Å². The number of nitrogen functional groups attached to an aromatic ring is 1. The highest BCUT2D eigenvalue weighted by molar-refractivity contribution is 7.99. The van der Waals surface area contributed by atoms with Crippen LogP contribution in [-0.4, -0.2) is 27.7 Å². The predicted octanol–water partition coefficient (Wildman–Crippen LogP) is 0.975. The van der Waals surface area contributed by atoms with Gasteiger partial charge in [-0.1, -0.05) is 11.8 Å². The standard InChI is InChI=1S/C14H13N3O5S/c1-8(18)21-9-2-4-10(5-3-9)22-13(20)7-23-14-16-11(15)6-12(19)17-14/h2-6H,7H2,1H3,(H3,15,16,17,19). The molecule has 9 heteroatoms. The van der Waals surface area contributed by atoms with Crippen molar-refractivity contribution in [2.75, 3.05) is 11.5 Å². The number of anilines is 1. The fourth-order valence-electron chi connectivity index (χ4n) is 1.55.